The zero-order valence-electron chi connectivity index (χ0n) is 18.1. The molecule has 1 heterocycles. The summed E-state index contributed by atoms with van der Waals surface area (Å²) >= 11 is 12.3. The van der Waals surface area contributed by atoms with Gasteiger partial charge in [0.2, 0.25) is 0 Å². The molecule has 174 valence electrons. The Balaban J connectivity index is 1.87. The van der Waals surface area contributed by atoms with Crippen LogP contribution in [0, 0.1) is 5.82 Å². The van der Waals surface area contributed by atoms with Crippen LogP contribution < -0.4 is 9.64 Å². The van der Waals surface area contributed by atoms with Gasteiger partial charge in [0.25, 0.3) is 11.7 Å². The van der Waals surface area contributed by atoms with E-state index in [9.17, 15) is 19.1 Å². The van der Waals surface area contributed by atoms with Gasteiger partial charge in [-0.25, -0.2) is 4.39 Å². The number of carbonyl (C=O) groups is 2. The van der Waals surface area contributed by atoms with Crippen molar-refractivity contribution >= 4 is 46.3 Å². The van der Waals surface area contributed by atoms with Crippen molar-refractivity contribution in [1.29, 1.82) is 0 Å². The van der Waals surface area contributed by atoms with Crippen LogP contribution in [0.4, 0.5) is 10.1 Å². The first-order valence-electron chi connectivity index (χ1n) is 10.6. The second kappa shape index (κ2) is 9.87. The number of halogens is 3. The van der Waals surface area contributed by atoms with Crippen molar-refractivity contribution in [3.05, 3.63) is 99.3 Å². The molecule has 1 unspecified atom stereocenters. The number of anilines is 1. The van der Waals surface area contributed by atoms with Crippen LogP contribution in [0.15, 0.2) is 72.3 Å². The lowest BCUT2D eigenvalue weighted by Gasteiger charge is -2.25. The zero-order chi connectivity index (χ0) is 24.4. The van der Waals surface area contributed by atoms with E-state index in [1.54, 1.807) is 24.3 Å². The molecule has 1 atom stereocenters. The predicted molar refractivity (Wildman–Crippen MR) is 130 cm³/mol. The van der Waals surface area contributed by atoms with E-state index in [0.29, 0.717) is 23.5 Å². The Morgan fingerprint density at radius 3 is 2.21 bits per heavy atom. The maximum Gasteiger partial charge on any atom is 0.300 e. The predicted octanol–water partition coefficient (Wildman–Crippen LogP) is 6.55. The Labute approximate surface area is 206 Å². The molecular weight excluding hydrogens is 480 g/mol. The van der Waals surface area contributed by atoms with E-state index >= 15 is 0 Å². The number of ether oxygens (including phenoxy) is 1. The van der Waals surface area contributed by atoms with E-state index in [1.165, 1.54) is 47.4 Å². The number of Topliss-reactive ketones (excluding diaryl/α,β-unsaturated/α-hetero) is 1. The molecule has 3 aromatic rings. The van der Waals surface area contributed by atoms with Gasteiger partial charge in [-0.2, -0.15) is 0 Å². The van der Waals surface area contributed by atoms with Crippen molar-refractivity contribution in [2.45, 2.75) is 19.4 Å². The lowest BCUT2D eigenvalue weighted by atomic mass is 9.95. The number of nitrogens with zero attached hydrogens (tertiary/aromatic N) is 1. The van der Waals surface area contributed by atoms with Gasteiger partial charge >= 0.3 is 0 Å². The summed E-state index contributed by atoms with van der Waals surface area (Å²) in [5.41, 5.74) is 0.908. The van der Waals surface area contributed by atoms with E-state index < -0.39 is 23.5 Å². The third-order valence-electron chi connectivity index (χ3n) is 5.36. The lowest BCUT2D eigenvalue weighted by molar-refractivity contribution is -0.132. The average Bonchev–Trinajstić information content (AvgIpc) is 3.08. The van der Waals surface area contributed by atoms with Gasteiger partial charge in [0.05, 0.1) is 18.2 Å². The van der Waals surface area contributed by atoms with Crippen molar-refractivity contribution in [2.24, 2.45) is 0 Å². The van der Waals surface area contributed by atoms with Crippen LogP contribution >= 0.6 is 23.2 Å². The molecular formula is C26H20Cl2FNO4. The Bertz CT molecular complexity index is 1250. The molecule has 4 rings (SSSR count). The van der Waals surface area contributed by atoms with Gasteiger partial charge in [-0.1, -0.05) is 42.3 Å². The highest BCUT2D eigenvalue weighted by molar-refractivity contribution is 6.52. The largest absolute Gasteiger partial charge is 0.507 e. The molecule has 0 spiro atoms. The maximum atomic E-state index is 13.6. The molecule has 1 aliphatic rings. The van der Waals surface area contributed by atoms with Gasteiger partial charge in [0.1, 0.15) is 17.3 Å². The van der Waals surface area contributed by atoms with Crippen molar-refractivity contribution in [3.8, 4) is 5.75 Å². The molecule has 1 saturated heterocycles. The van der Waals surface area contributed by atoms with Crippen LogP contribution in [0.1, 0.15) is 30.5 Å². The minimum atomic E-state index is -1.02. The fourth-order valence-electron chi connectivity index (χ4n) is 3.82. The Kier molecular flexibility index (Phi) is 6.91. The quantitative estimate of drug-likeness (QED) is 0.237. The lowest BCUT2D eigenvalue weighted by Crippen LogP contribution is -2.29. The molecule has 1 amide bonds. The Hall–Kier alpha value is -3.35. The molecule has 1 fully saturated rings. The van der Waals surface area contributed by atoms with Gasteiger partial charge < -0.3 is 9.84 Å². The minimum Gasteiger partial charge on any atom is -0.507 e. The second-order valence-electron chi connectivity index (χ2n) is 7.72. The van der Waals surface area contributed by atoms with E-state index in [-0.39, 0.29) is 27.1 Å². The summed E-state index contributed by atoms with van der Waals surface area (Å²) in [7, 11) is 0. The van der Waals surface area contributed by atoms with Crippen molar-refractivity contribution in [2.75, 3.05) is 11.5 Å². The zero-order valence-corrected chi connectivity index (χ0v) is 19.6. The number of benzene rings is 3. The number of rotatable bonds is 6. The summed E-state index contributed by atoms with van der Waals surface area (Å²) in [6.45, 7) is 2.53. The number of ketones is 1. The topological polar surface area (TPSA) is 66.8 Å². The summed E-state index contributed by atoms with van der Waals surface area (Å²) in [5, 5.41) is 11.7. The molecule has 1 aliphatic heterocycles. The van der Waals surface area contributed by atoms with Crippen molar-refractivity contribution in [1.82, 2.24) is 0 Å². The molecule has 8 heteroatoms. The highest BCUT2D eigenvalue weighted by atomic mass is 35.5. The summed E-state index contributed by atoms with van der Waals surface area (Å²) in [6.07, 6.45) is 0.844. The summed E-state index contributed by atoms with van der Waals surface area (Å²) < 4.78 is 19.2. The van der Waals surface area contributed by atoms with Crippen molar-refractivity contribution in [3.63, 3.8) is 0 Å². The number of aliphatic hydroxyl groups is 1. The minimum absolute atomic E-state index is 0.130. The first-order chi connectivity index (χ1) is 16.3. The van der Waals surface area contributed by atoms with E-state index in [1.807, 2.05) is 6.92 Å². The molecule has 0 radical (unpaired) electrons. The summed E-state index contributed by atoms with van der Waals surface area (Å²) in [6, 6.07) is 15.4. The highest BCUT2D eigenvalue weighted by Crippen LogP contribution is 2.43. The van der Waals surface area contributed by atoms with Crippen LogP contribution in [-0.2, 0) is 9.59 Å². The molecule has 0 aromatic heterocycles. The maximum absolute atomic E-state index is 13.6. The molecule has 5 nitrogen and oxygen atoms in total. The Morgan fingerprint density at radius 2 is 1.62 bits per heavy atom. The fraction of sp³-hybridized carbons (Fsp3) is 0.154. The number of hydrogen-bond acceptors (Lipinski definition) is 4. The molecule has 0 saturated carbocycles. The first-order valence-corrected chi connectivity index (χ1v) is 11.3. The third-order valence-corrected chi connectivity index (χ3v) is 5.79. The van der Waals surface area contributed by atoms with E-state index in [4.69, 9.17) is 27.9 Å². The normalized spacial score (nSPS) is 17.3. The van der Waals surface area contributed by atoms with Gasteiger partial charge in [-0.15, -0.1) is 0 Å². The van der Waals surface area contributed by atoms with E-state index in [0.717, 1.165) is 6.42 Å². The number of hydrogen-bond donors (Lipinski definition) is 1. The van der Waals surface area contributed by atoms with Gasteiger partial charge in [0, 0.05) is 21.3 Å². The average molecular weight is 500 g/mol. The number of amides is 1. The van der Waals surface area contributed by atoms with Crippen molar-refractivity contribution < 1.29 is 23.8 Å². The molecule has 34 heavy (non-hydrogen) atoms. The van der Waals surface area contributed by atoms with Crippen LogP contribution in [-0.4, -0.2) is 23.4 Å². The van der Waals surface area contributed by atoms with Crippen LogP contribution in [0.5, 0.6) is 5.75 Å². The second-order valence-corrected chi connectivity index (χ2v) is 8.59. The standard InChI is InChI=1S/C26H20Cl2FNO4/c1-2-11-34-21-9-5-16(6-10-21)24(31)22-23(15-3-7-19(29)8-4-15)30(26(33)25(22)32)20-13-17(27)12-18(28)14-20/h3-10,12-14,23,31H,2,11H2,1H3/b24-22+. The molecule has 1 N–H and O–H groups in total. The Morgan fingerprint density at radius 1 is 1.00 bits per heavy atom. The van der Waals surface area contributed by atoms with Crippen LogP contribution in [0.3, 0.4) is 0 Å². The van der Waals surface area contributed by atoms with Crippen LogP contribution in [0.2, 0.25) is 10.0 Å². The number of carbonyl (C=O) groups excluding carboxylic acids is 2. The molecule has 3 aromatic carbocycles. The van der Waals surface area contributed by atoms with Gasteiger partial charge in [0.15, 0.2) is 0 Å². The molecule has 0 bridgehead atoms. The number of aliphatic hydroxyl groups excluding tert-OH is 1. The van der Waals surface area contributed by atoms with Gasteiger partial charge in [-0.05, 0) is 66.6 Å². The first kappa shape index (κ1) is 23.8. The SMILES string of the molecule is CCCOc1ccc(/C(O)=C2\C(=O)C(=O)N(c3cc(Cl)cc(Cl)c3)C2c2ccc(F)cc2)cc1. The third kappa shape index (κ3) is 4.65. The fourth-order valence-corrected chi connectivity index (χ4v) is 4.34. The summed E-state index contributed by atoms with van der Waals surface area (Å²) in [5.74, 6) is -1.96. The van der Waals surface area contributed by atoms with Gasteiger partial charge in [-0.3, -0.25) is 14.5 Å². The van der Waals surface area contributed by atoms with Crippen LogP contribution in [0.25, 0.3) is 5.76 Å². The smallest absolute Gasteiger partial charge is 0.300 e. The summed E-state index contributed by atoms with van der Waals surface area (Å²) in [4.78, 5) is 27.5. The highest BCUT2D eigenvalue weighted by Gasteiger charge is 2.47. The van der Waals surface area contributed by atoms with E-state index in [2.05, 4.69) is 0 Å². The molecule has 0 aliphatic carbocycles. The monoisotopic (exact) mass is 499 g/mol.